The lowest BCUT2D eigenvalue weighted by Crippen LogP contribution is -2.46. The van der Waals surface area contributed by atoms with Crippen LogP contribution in [0.25, 0.3) is 6.08 Å². The average Bonchev–Trinajstić information content (AvgIpc) is 2.60. The highest BCUT2D eigenvalue weighted by Crippen LogP contribution is 2.19. The second kappa shape index (κ2) is 8.21. The van der Waals surface area contributed by atoms with Crippen LogP contribution in [0.4, 0.5) is 5.69 Å². The summed E-state index contributed by atoms with van der Waals surface area (Å²) in [4.78, 5) is 22.4. The van der Waals surface area contributed by atoms with E-state index < -0.39 is 14.9 Å². The van der Waals surface area contributed by atoms with E-state index in [9.17, 15) is 23.3 Å². The van der Waals surface area contributed by atoms with E-state index in [4.69, 9.17) is 0 Å². The zero-order valence-electron chi connectivity index (χ0n) is 13.9. The van der Waals surface area contributed by atoms with Crippen LogP contribution in [0.15, 0.2) is 30.3 Å². The molecule has 9 heteroatoms. The highest BCUT2D eigenvalue weighted by Gasteiger charge is 2.27. The van der Waals surface area contributed by atoms with Crippen LogP contribution in [0.3, 0.4) is 0 Å². The number of rotatable bonds is 6. The van der Waals surface area contributed by atoms with Crippen molar-refractivity contribution in [2.45, 2.75) is 25.8 Å². The van der Waals surface area contributed by atoms with E-state index in [1.165, 1.54) is 22.5 Å². The van der Waals surface area contributed by atoms with Gasteiger partial charge in [-0.2, -0.15) is 0 Å². The molecule has 2 rings (SSSR count). The normalized spacial score (nSPS) is 16.8. The van der Waals surface area contributed by atoms with E-state index in [1.54, 1.807) is 25.1 Å². The number of piperidine rings is 1. The van der Waals surface area contributed by atoms with E-state index in [1.807, 2.05) is 0 Å². The molecule has 0 spiro atoms. The van der Waals surface area contributed by atoms with Crippen LogP contribution in [-0.2, 0) is 14.8 Å². The number of nitrogens with one attached hydrogen (secondary N) is 1. The smallest absolute Gasteiger partial charge is 0.276 e. The minimum absolute atomic E-state index is 0.0652. The maximum absolute atomic E-state index is 12.0. The average molecular weight is 367 g/mol. The molecular formula is C16H21N3O5S. The largest absolute Gasteiger partial charge is 0.350 e. The Morgan fingerprint density at radius 2 is 2.00 bits per heavy atom. The summed E-state index contributed by atoms with van der Waals surface area (Å²) in [6.07, 6.45) is 3.76. The molecule has 1 amide bonds. The summed E-state index contributed by atoms with van der Waals surface area (Å²) in [5, 5.41) is 13.7. The molecule has 0 saturated carbocycles. The van der Waals surface area contributed by atoms with Crippen molar-refractivity contribution in [1.82, 2.24) is 9.62 Å². The molecule has 8 nitrogen and oxygen atoms in total. The first-order valence-corrected chi connectivity index (χ1v) is 9.64. The molecule has 1 aliphatic heterocycles. The van der Waals surface area contributed by atoms with E-state index in [0.717, 1.165) is 0 Å². The van der Waals surface area contributed by atoms with E-state index in [0.29, 0.717) is 31.5 Å². The Bertz CT molecular complexity index is 768. The fourth-order valence-corrected chi connectivity index (χ4v) is 3.80. The second-order valence-electron chi connectivity index (χ2n) is 5.73. The molecule has 1 aliphatic rings. The number of sulfonamides is 1. The van der Waals surface area contributed by atoms with Gasteiger partial charge in [-0.1, -0.05) is 12.1 Å². The molecule has 1 N–H and O–H groups in total. The molecule has 1 fully saturated rings. The Morgan fingerprint density at radius 1 is 1.36 bits per heavy atom. The summed E-state index contributed by atoms with van der Waals surface area (Å²) in [6.45, 7) is 2.38. The van der Waals surface area contributed by atoms with Crippen molar-refractivity contribution in [2.75, 3.05) is 18.8 Å². The quantitative estimate of drug-likeness (QED) is 0.466. The predicted octanol–water partition coefficient (Wildman–Crippen LogP) is 1.54. The highest BCUT2D eigenvalue weighted by molar-refractivity contribution is 7.89. The lowest BCUT2D eigenvalue weighted by atomic mass is 10.1. The summed E-state index contributed by atoms with van der Waals surface area (Å²) < 4.78 is 25.0. The van der Waals surface area contributed by atoms with Crippen LogP contribution < -0.4 is 5.32 Å². The molecule has 25 heavy (non-hydrogen) atoms. The SMILES string of the molecule is CCS(=O)(=O)N1CCC(NC(=O)/C=C/c2ccccc2[N+](=O)[O-])CC1. The fourth-order valence-electron chi connectivity index (χ4n) is 2.67. The first-order valence-electron chi connectivity index (χ1n) is 8.03. The number of nitro groups is 1. The van der Waals surface area contributed by atoms with E-state index in [2.05, 4.69) is 5.32 Å². The minimum atomic E-state index is -3.19. The van der Waals surface area contributed by atoms with Crippen molar-refractivity contribution in [1.29, 1.82) is 0 Å². The van der Waals surface area contributed by atoms with Gasteiger partial charge in [0.2, 0.25) is 15.9 Å². The maximum atomic E-state index is 12.0. The topological polar surface area (TPSA) is 110 Å². The lowest BCUT2D eigenvalue weighted by molar-refractivity contribution is -0.385. The molecule has 136 valence electrons. The molecule has 0 aliphatic carbocycles. The van der Waals surface area contributed by atoms with Gasteiger partial charge in [-0.3, -0.25) is 14.9 Å². The summed E-state index contributed by atoms with van der Waals surface area (Å²) in [6, 6.07) is 6.06. The summed E-state index contributed by atoms with van der Waals surface area (Å²) in [5.74, 6) is -0.280. The molecule has 1 saturated heterocycles. The van der Waals surface area contributed by atoms with Crippen LogP contribution >= 0.6 is 0 Å². The Labute approximate surface area is 146 Å². The monoisotopic (exact) mass is 367 g/mol. The molecule has 1 aromatic rings. The second-order valence-corrected chi connectivity index (χ2v) is 7.99. The maximum Gasteiger partial charge on any atom is 0.276 e. The number of hydrogen-bond acceptors (Lipinski definition) is 5. The summed E-state index contributed by atoms with van der Waals surface area (Å²) in [5.41, 5.74) is 0.288. The molecule has 1 heterocycles. The van der Waals surface area contributed by atoms with Gasteiger partial charge in [0.15, 0.2) is 0 Å². The predicted molar refractivity (Wildman–Crippen MR) is 94.3 cm³/mol. The third-order valence-corrected chi connectivity index (χ3v) is 5.99. The number of para-hydroxylation sites is 1. The number of benzene rings is 1. The third kappa shape index (κ3) is 5.10. The van der Waals surface area contributed by atoms with Crippen LogP contribution in [-0.4, -0.2) is 48.4 Å². The summed E-state index contributed by atoms with van der Waals surface area (Å²) in [7, 11) is -3.19. The van der Waals surface area contributed by atoms with Crippen LogP contribution in [0.5, 0.6) is 0 Å². The van der Waals surface area contributed by atoms with Gasteiger partial charge in [0.25, 0.3) is 5.69 Å². The van der Waals surface area contributed by atoms with Gasteiger partial charge in [-0.25, -0.2) is 12.7 Å². The van der Waals surface area contributed by atoms with Crippen LogP contribution in [0, 0.1) is 10.1 Å². The first-order chi connectivity index (χ1) is 11.8. The third-order valence-electron chi connectivity index (χ3n) is 4.11. The van der Waals surface area contributed by atoms with Crippen molar-refractivity contribution in [3.8, 4) is 0 Å². The van der Waals surface area contributed by atoms with Gasteiger partial charge in [-0.05, 0) is 31.9 Å². The van der Waals surface area contributed by atoms with Gasteiger partial charge >= 0.3 is 0 Å². The van der Waals surface area contributed by atoms with Crippen molar-refractivity contribution in [3.63, 3.8) is 0 Å². The zero-order valence-corrected chi connectivity index (χ0v) is 14.7. The Hall–Kier alpha value is -2.26. The van der Waals surface area contributed by atoms with Crippen LogP contribution in [0.1, 0.15) is 25.3 Å². The van der Waals surface area contributed by atoms with E-state index >= 15 is 0 Å². The van der Waals surface area contributed by atoms with Gasteiger partial charge in [-0.15, -0.1) is 0 Å². The number of carbonyl (C=O) groups excluding carboxylic acids is 1. The molecule has 0 bridgehead atoms. The standard InChI is InChI=1S/C16H21N3O5S/c1-2-25(23,24)18-11-9-14(10-12-18)17-16(20)8-7-13-5-3-4-6-15(13)19(21)22/h3-8,14H,2,9-12H2,1H3,(H,17,20)/b8-7+. The Kier molecular flexibility index (Phi) is 6.27. The number of carbonyl (C=O) groups is 1. The van der Waals surface area contributed by atoms with Crippen molar-refractivity contribution >= 4 is 27.7 Å². The first kappa shape index (κ1) is 19.1. The lowest BCUT2D eigenvalue weighted by Gasteiger charge is -2.31. The fraction of sp³-hybridized carbons (Fsp3) is 0.438. The number of hydrogen-bond donors (Lipinski definition) is 1. The number of amides is 1. The van der Waals surface area contributed by atoms with Gasteiger partial charge in [0.05, 0.1) is 16.2 Å². The van der Waals surface area contributed by atoms with Crippen molar-refractivity contribution in [2.24, 2.45) is 0 Å². The molecule has 0 aromatic heterocycles. The van der Waals surface area contributed by atoms with Crippen molar-refractivity contribution in [3.05, 3.63) is 46.0 Å². The minimum Gasteiger partial charge on any atom is -0.350 e. The highest BCUT2D eigenvalue weighted by atomic mass is 32.2. The van der Waals surface area contributed by atoms with Crippen LogP contribution in [0.2, 0.25) is 0 Å². The molecule has 0 radical (unpaired) electrons. The Balaban J connectivity index is 1.91. The Morgan fingerprint density at radius 3 is 2.60 bits per heavy atom. The number of nitro benzene ring substituents is 1. The molecule has 1 aromatic carbocycles. The van der Waals surface area contributed by atoms with Gasteiger partial charge < -0.3 is 5.32 Å². The zero-order chi connectivity index (χ0) is 18.4. The van der Waals surface area contributed by atoms with Crippen molar-refractivity contribution < 1.29 is 18.1 Å². The number of nitrogens with zero attached hydrogens (tertiary/aromatic N) is 2. The molecule has 0 atom stereocenters. The summed E-state index contributed by atoms with van der Waals surface area (Å²) >= 11 is 0. The van der Waals surface area contributed by atoms with E-state index in [-0.39, 0.29) is 23.4 Å². The molecule has 0 unspecified atom stereocenters. The van der Waals surface area contributed by atoms with Gasteiger partial charge in [0, 0.05) is 31.3 Å². The van der Waals surface area contributed by atoms with Gasteiger partial charge in [0.1, 0.15) is 0 Å². The molecular weight excluding hydrogens is 346 g/mol.